The highest BCUT2D eigenvalue weighted by Crippen LogP contribution is 2.28. The Hall–Kier alpha value is -1.46. The Morgan fingerprint density at radius 3 is 3.00 bits per heavy atom. The fourth-order valence-electron chi connectivity index (χ4n) is 2.98. The first-order valence-electron chi connectivity index (χ1n) is 7.14. The Kier molecular flexibility index (Phi) is 4.22. The minimum Gasteiger partial charge on any atom is -0.320 e. The fourth-order valence-corrected chi connectivity index (χ4v) is 3.20. The predicted octanol–water partition coefficient (Wildman–Crippen LogP) is 2.99. The average molecular weight is 309 g/mol. The fraction of sp³-hybridized carbons (Fsp3) is 0.467. The molecular weight excluding hydrogens is 291 g/mol. The Balaban J connectivity index is 1.74. The number of aryl methyl sites for hydroxylation is 1. The van der Waals surface area contributed by atoms with Gasteiger partial charge < -0.3 is 4.57 Å². The topological polar surface area (TPSA) is 34.0 Å². The molecule has 1 aliphatic rings. The number of hydrogen-bond acceptors (Lipinski definition) is 3. The summed E-state index contributed by atoms with van der Waals surface area (Å²) in [7, 11) is 1.96. The van der Waals surface area contributed by atoms with Crippen molar-refractivity contribution in [3.63, 3.8) is 0 Å². The van der Waals surface area contributed by atoms with Gasteiger partial charge in [0.2, 0.25) is 0 Å². The molecule has 112 valence electrons. The molecule has 3 rings (SSSR count). The normalized spacial score (nSPS) is 19.9. The van der Waals surface area contributed by atoms with Gasteiger partial charge >= 0.3 is 0 Å². The molecule has 0 bridgehead atoms. The highest BCUT2D eigenvalue weighted by molar-refractivity contribution is 6.31. The molecule has 1 aromatic heterocycles. The second-order valence-electron chi connectivity index (χ2n) is 5.57. The lowest BCUT2D eigenvalue weighted by molar-refractivity contribution is 0.193. The van der Waals surface area contributed by atoms with Crippen LogP contribution in [0.15, 0.2) is 24.5 Å². The molecule has 2 aromatic rings. The summed E-state index contributed by atoms with van der Waals surface area (Å²) in [6.07, 6.45) is 3.89. The van der Waals surface area contributed by atoms with E-state index in [1.807, 2.05) is 11.6 Å². The summed E-state index contributed by atoms with van der Waals surface area (Å²) in [6.45, 7) is 2.36. The van der Waals surface area contributed by atoms with Crippen LogP contribution in [0.3, 0.4) is 0 Å². The quantitative estimate of drug-likeness (QED) is 0.874. The van der Waals surface area contributed by atoms with Gasteiger partial charge in [0.15, 0.2) is 0 Å². The van der Waals surface area contributed by atoms with Crippen molar-refractivity contribution in [3.05, 3.63) is 46.8 Å². The van der Waals surface area contributed by atoms with Crippen molar-refractivity contribution < 1.29 is 4.39 Å². The highest BCUT2D eigenvalue weighted by atomic mass is 35.5. The first-order valence-corrected chi connectivity index (χ1v) is 7.52. The van der Waals surface area contributed by atoms with Crippen LogP contribution in [0.2, 0.25) is 5.02 Å². The lowest BCUT2D eigenvalue weighted by atomic mass is 9.96. The van der Waals surface area contributed by atoms with Crippen LogP contribution in [-0.2, 0) is 13.6 Å². The first-order chi connectivity index (χ1) is 10.1. The zero-order chi connectivity index (χ0) is 14.8. The molecule has 0 saturated carbocycles. The molecule has 6 heteroatoms. The van der Waals surface area contributed by atoms with Crippen molar-refractivity contribution in [2.45, 2.75) is 25.3 Å². The lowest BCUT2D eigenvalue weighted by Gasteiger charge is -2.32. The minimum absolute atomic E-state index is 0.233. The summed E-state index contributed by atoms with van der Waals surface area (Å²) in [5.41, 5.74) is 0.581. The van der Waals surface area contributed by atoms with E-state index in [0.717, 1.165) is 31.8 Å². The van der Waals surface area contributed by atoms with E-state index in [2.05, 4.69) is 15.1 Å². The molecular formula is C15H18ClFN4. The van der Waals surface area contributed by atoms with Crippen molar-refractivity contribution in [2.24, 2.45) is 7.05 Å². The maximum absolute atomic E-state index is 13.9. The molecule has 21 heavy (non-hydrogen) atoms. The zero-order valence-electron chi connectivity index (χ0n) is 12.0. The van der Waals surface area contributed by atoms with Crippen molar-refractivity contribution in [1.82, 2.24) is 19.7 Å². The van der Waals surface area contributed by atoms with Crippen LogP contribution in [0, 0.1) is 5.82 Å². The number of rotatable bonds is 3. The first kappa shape index (κ1) is 14.5. The molecule has 1 aliphatic heterocycles. The summed E-state index contributed by atoms with van der Waals surface area (Å²) in [5.74, 6) is 1.11. The van der Waals surface area contributed by atoms with E-state index in [1.54, 1.807) is 18.5 Å². The number of piperidine rings is 1. The standard InChI is InChI=1S/C15H18ClFN4/c1-20-10-18-19-15(20)11-4-3-7-21(8-11)9-12-13(16)5-2-6-14(12)17/h2,5-6,10-11H,3-4,7-9H2,1H3. The second kappa shape index (κ2) is 6.12. The molecule has 0 spiro atoms. The number of benzene rings is 1. The van der Waals surface area contributed by atoms with Gasteiger partial charge in [0.25, 0.3) is 0 Å². The van der Waals surface area contributed by atoms with Gasteiger partial charge in [0.1, 0.15) is 18.0 Å². The maximum Gasteiger partial charge on any atom is 0.136 e. The van der Waals surface area contributed by atoms with Crippen LogP contribution >= 0.6 is 11.6 Å². The van der Waals surface area contributed by atoms with E-state index in [-0.39, 0.29) is 5.82 Å². The monoisotopic (exact) mass is 308 g/mol. The van der Waals surface area contributed by atoms with Gasteiger partial charge in [-0.05, 0) is 31.5 Å². The van der Waals surface area contributed by atoms with Crippen LogP contribution in [-0.4, -0.2) is 32.8 Å². The summed E-state index contributed by atoms with van der Waals surface area (Å²) < 4.78 is 15.9. The Bertz CT molecular complexity index is 608. The molecule has 2 heterocycles. The average Bonchev–Trinajstić information content (AvgIpc) is 2.90. The van der Waals surface area contributed by atoms with E-state index in [4.69, 9.17) is 11.6 Å². The number of hydrogen-bond donors (Lipinski definition) is 0. The van der Waals surface area contributed by atoms with Crippen LogP contribution in [0.5, 0.6) is 0 Å². The van der Waals surface area contributed by atoms with Crippen LogP contribution in [0.1, 0.15) is 30.1 Å². The third-order valence-corrected chi connectivity index (χ3v) is 4.41. The molecule has 1 fully saturated rings. The molecule has 0 radical (unpaired) electrons. The summed E-state index contributed by atoms with van der Waals surface area (Å²) in [4.78, 5) is 2.24. The number of aromatic nitrogens is 3. The number of nitrogens with zero attached hydrogens (tertiary/aromatic N) is 4. The Morgan fingerprint density at radius 1 is 1.43 bits per heavy atom. The van der Waals surface area contributed by atoms with Crippen LogP contribution in [0.25, 0.3) is 0 Å². The van der Waals surface area contributed by atoms with Gasteiger partial charge in [0.05, 0.1) is 0 Å². The molecule has 1 unspecified atom stereocenters. The van der Waals surface area contributed by atoms with Gasteiger partial charge in [-0.3, -0.25) is 4.90 Å². The van der Waals surface area contributed by atoms with E-state index in [9.17, 15) is 4.39 Å². The smallest absolute Gasteiger partial charge is 0.136 e. The minimum atomic E-state index is -0.233. The zero-order valence-corrected chi connectivity index (χ0v) is 12.7. The summed E-state index contributed by atoms with van der Waals surface area (Å²) in [5, 5.41) is 8.65. The Morgan fingerprint density at radius 2 is 2.29 bits per heavy atom. The summed E-state index contributed by atoms with van der Waals surface area (Å²) in [6, 6.07) is 4.84. The maximum atomic E-state index is 13.9. The van der Waals surface area contributed by atoms with Crippen LogP contribution in [0.4, 0.5) is 4.39 Å². The molecule has 1 aromatic carbocycles. The molecule has 1 atom stereocenters. The van der Waals surface area contributed by atoms with E-state index >= 15 is 0 Å². The van der Waals surface area contributed by atoms with E-state index in [0.29, 0.717) is 23.0 Å². The second-order valence-corrected chi connectivity index (χ2v) is 5.98. The summed E-state index contributed by atoms with van der Waals surface area (Å²) >= 11 is 6.12. The van der Waals surface area contributed by atoms with E-state index in [1.165, 1.54) is 6.07 Å². The highest BCUT2D eigenvalue weighted by Gasteiger charge is 2.25. The molecule has 0 N–H and O–H groups in total. The SMILES string of the molecule is Cn1cnnc1C1CCCN(Cc2c(F)cccc2Cl)C1. The van der Waals surface area contributed by atoms with Gasteiger partial charge in [0, 0.05) is 36.6 Å². The van der Waals surface area contributed by atoms with Gasteiger partial charge in [-0.15, -0.1) is 10.2 Å². The largest absolute Gasteiger partial charge is 0.320 e. The Labute approximate surface area is 128 Å². The number of likely N-dealkylation sites (tertiary alicyclic amines) is 1. The number of halogens is 2. The van der Waals surface area contributed by atoms with Crippen molar-refractivity contribution in [2.75, 3.05) is 13.1 Å². The molecule has 0 aliphatic carbocycles. The molecule has 4 nitrogen and oxygen atoms in total. The lowest BCUT2D eigenvalue weighted by Crippen LogP contribution is -2.35. The van der Waals surface area contributed by atoms with Crippen LogP contribution < -0.4 is 0 Å². The van der Waals surface area contributed by atoms with Gasteiger partial charge in [-0.2, -0.15) is 0 Å². The van der Waals surface area contributed by atoms with Gasteiger partial charge in [-0.1, -0.05) is 17.7 Å². The van der Waals surface area contributed by atoms with Gasteiger partial charge in [-0.25, -0.2) is 4.39 Å². The van der Waals surface area contributed by atoms with Crippen molar-refractivity contribution in [1.29, 1.82) is 0 Å². The van der Waals surface area contributed by atoms with Crippen molar-refractivity contribution in [3.8, 4) is 0 Å². The molecule has 1 saturated heterocycles. The molecule has 0 amide bonds. The third kappa shape index (κ3) is 3.09. The third-order valence-electron chi connectivity index (χ3n) is 4.06. The predicted molar refractivity (Wildman–Crippen MR) is 79.7 cm³/mol. The van der Waals surface area contributed by atoms with E-state index < -0.39 is 0 Å². The van der Waals surface area contributed by atoms with Crippen molar-refractivity contribution >= 4 is 11.6 Å².